The van der Waals surface area contributed by atoms with Gasteiger partial charge in [0.1, 0.15) is 11.9 Å². The minimum atomic E-state index is -0.750. The first-order chi connectivity index (χ1) is 17.9. The number of imidazole rings is 1. The summed E-state index contributed by atoms with van der Waals surface area (Å²) < 4.78 is 13.5. The standard InChI is InChI=1S/C27H36FN5O3S/c28-21-8-6-19(7-9-21)16-23(32-26(37)30-13-10-22-17-29-18-31-22)24(34)33-14-11-27(12-15-33,25(35)36)20-4-2-1-3-5-20/h6-9,17-18,20,23H,1-5,10-16H2,(H,29,31)(H,35,36)(H2,30,32,37). The molecule has 10 heteroatoms. The second-order valence-corrected chi connectivity index (χ2v) is 10.6. The predicted molar refractivity (Wildman–Crippen MR) is 142 cm³/mol. The molecule has 0 spiro atoms. The maximum absolute atomic E-state index is 13.7. The van der Waals surface area contributed by atoms with Crippen LogP contribution in [-0.4, -0.2) is 62.6 Å². The number of carboxylic acid groups (broad SMARTS) is 1. The smallest absolute Gasteiger partial charge is 0.310 e. The van der Waals surface area contributed by atoms with E-state index in [0.29, 0.717) is 50.4 Å². The number of carboxylic acids is 1. The minimum Gasteiger partial charge on any atom is -0.481 e. The number of likely N-dealkylation sites (tertiary alicyclic amines) is 1. The molecule has 37 heavy (non-hydrogen) atoms. The average Bonchev–Trinajstić information content (AvgIpc) is 3.43. The van der Waals surface area contributed by atoms with Crippen LogP contribution in [0.1, 0.15) is 56.2 Å². The summed E-state index contributed by atoms with van der Waals surface area (Å²) >= 11 is 5.48. The maximum atomic E-state index is 13.7. The summed E-state index contributed by atoms with van der Waals surface area (Å²) in [7, 11) is 0. The number of thiocarbonyl (C=S) groups is 1. The number of hydrogen-bond donors (Lipinski definition) is 4. The lowest BCUT2D eigenvalue weighted by Crippen LogP contribution is -2.56. The summed E-state index contributed by atoms with van der Waals surface area (Å²) in [6.45, 7) is 1.37. The van der Waals surface area contributed by atoms with Crippen LogP contribution in [-0.2, 0) is 22.4 Å². The summed E-state index contributed by atoms with van der Waals surface area (Å²) in [5.74, 6) is -1.01. The molecule has 1 aliphatic carbocycles. The quantitative estimate of drug-likeness (QED) is 0.369. The third-order valence-electron chi connectivity index (χ3n) is 7.96. The van der Waals surface area contributed by atoms with Crippen molar-refractivity contribution < 1.29 is 19.1 Å². The van der Waals surface area contributed by atoms with Crippen molar-refractivity contribution in [3.8, 4) is 0 Å². The maximum Gasteiger partial charge on any atom is 0.310 e. The molecule has 1 saturated carbocycles. The number of benzene rings is 1. The van der Waals surface area contributed by atoms with E-state index in [1.165, 1.54) is 18.6 Å². The van der Waals surface area contributed by atoms with Gasteiger partial charge < -0.3 is 25.6 Å². The number of aromatic amines is 1. The van der Waals surface area contributed by atoms with Gasteiger partial charge in [0, 0.05) is 38.7 Å². The second-order valence-electron chi connectivity index (χ2n) is 10.2. The fraction of sp³-hybridized carbons (Fsp3) is 0.556. The first-order valence-electron chi connectivity index (χ1n) is 13.2. The number of hydrogen-bond acceptors (Lipinski definition) is 4. The molecule has 200 valence electrons. The summed E-state index contributed by atoms with van der Waals surface area (Å²) in [6.07, 6.45) is 10.6. The number of halogens is 1. The molecule has 8 nitrogen and oxygen atoms in total. The van der Waals surface area contributed by atoms with Gasteiger partial charge in [-0.1, -0.05) is 31.4 Å². The van der Waals surface area contributed by atoms with Crippen molar-refractivity contribution in [3.05, 3.63) is 53.9 Å². The van der Waals surface area contributed by atoms with Crippen molar-refractivity contribution in [2.45, 2.75) is 63.8 Å². The molecule has 2 aromatic rings. The first-order valence-corrected chi connectivity index (χ1v) is 13.6. The highest BCUT2D eigenvalue weighted by molar-refractivity contribution is 7.80. The molecule has 1 aliphatic heterocycles. The lowest BCUT2D eigenvalue weighted by Gasteiger charge is -2.45. The van der Waals surface area contributed by atoms with Gasteiger partial charge in [0.25, 0.3) is 0 Å². The summed E-state index contributed by atoms with van der Waals surface area (Å²) in [6, 6.07) is 5.44. The lowest BCUT2D eigenvalue weighted by molar-refractivity contribution is -0.160. The first kappa shape index (κ1) is 27.0. The second kappa shape index (κ2) is 12.5. The number of rotatable bonds is 9. The van der Waals surface area contributed by atoms with Gasteiger partial charge in [-0.05, 0) is 61.5 Å². The van der Waals surface area contributed by atoms with Crippen LogP contribution in [0, 0.1) is 17.2 Å². The van der Waals surface area contributed by atoms with E-state index in [9.17, 15) is 19.1 Å². The normalized spacial score (nSPS) is 18.7. The number of amides is 1. The van der Waals surface area contributed by atoms with Gasteiger partial charge in [-0.25, -0.2) is 9.37 Å². The van der Waals surface area contributed by atoms with Gasteiger partial charge in [0.15, 0.2) is 5.11 Å². The molecule has 4 rings (SSSR count). The average molecular weight is 530 g/mol. The van der Waals surface area contributed by atoms with E-state index in [-0.39, 0.29) is 17.6 Å². The van der Waals surface area contributed by atoms with Gasteiger partial charge in [-0.2, -0.15) is 0 Å². The molecule has 2 fully saturated rings. The topological polar surface area (TPSA) is 110 Å². The Kier molecular flexibility index (Phi) is 9.13. The minimum absolute atomic E-state index is 0.122. The largest absolute Gasteiger partial charge is 0.481 e. The fourth-order valence-corrected chi connectivity index (χ4v) is 6.04. The fourth-order valence-electron chi connectivity index (χ4n) is 5.80. The van der Waals surface area contributed by atoms with Crippen molar-refractivity contribution in [2.24, 2.45) is 11.3 Å². The SMILES string of the molecule is O=C(C(Cc1ccc(F)cc1)NC(=S)NCCc1c[nH]cn1)N1CCC(C(=O)O)(C2CCCCC2)CC1. The highest BCUT2D eigenvalue weighted by Gasteiger charge is 2.48. The molecule has 2 heterocycles. The molecule has 1 aromatic heterocycles. The highest BCUT2D eigenvalue weighted by Crippen LogP contribution is 2.46. The number of aromatic nitrogens is 2. The van der Waals surface area contributed by atoms with E-state index in [1.807, 2.05) is 6.20 Å². The van der Waals surface area contributed by atoms with Crippen LogP contribution in [0.3, 0.4) is 0 Å². The predicted octanol–water partition coefficient (Wildman–Crippen LogP) is 3.44. The van der Waals surface area contributed by atoms with Crippen LogP contribution in [0.4, 0.5) is 4.39 Å². The molecule has 1 atom stereocenters. The van der Waals surface area contributed by atoms with Crippen LogP contribution in [0.25, 0.3) is 0 Å². The molecule has 0 bridgehead atoms. The van der Waals surface area contributed by atoms with E-state index in [4.69, 9.17) is 12.2 Å². The zero-order chi connectivity index (χ0) is 26.3. The van der Waals surface area contributed by atoms with Gasteiger partial charge in [0.2, 0.25) is 5.91 Å². The van der Waals surface area contributed by atoms with Crippen molar-refractivity contribution >= 4 is 29.2 Å². The molecular formula is C27H36FN5O3S. The Morgan fingerprint density at radius 2 is 1.89 bits per heavy atom. The Morgan fingerprint density at radius 1 is 1.19 bits per heavy atom. The Bertz CT molecular complexity index is 1050. The van der Waals surface area contributed by atoms with Gasteiger partial charge in [-0.15, -0.1) is 0 Å². The number of piperidine rings is 1. The number of nitrogens with zero attached hydrogens (tertiary/aromatic N) is 2. The zero-order valence-corrected chi connectivity index (χ0v) is 21.9. The highest BCUT2D eigenvalue weighted by atomic mass is 32.1. The molecule has 2 aliphatic rings. The zero-order valence-electron chi connectivity index (χ0n) is 21.0. The third kappa shape index (κ3) is 6.85. The van der Waals surface area contributed by atoms with Gasteiger partial charge in [-0.3, -0.25) is 9.59 Å². The van der Waals surface area contributed by atoms with Gasteiger partial charge >= 0.3 is 5.97 Å². The third-order valence-corrected chi connectivity index (χ3v) is 8.22. The molecule has 1 aromatic carbocycles. The van der Waals surface area contributed by atoms with Crippen molar-refractivity contribution in [1.29, 1.82) is 0 Å². The van der Waals surface area contributed by atoms with Gasteiger partial charge in [0.05, 0.1) is 17.4 Å². The Balaban J connectivity index is 1.40. The molecular weight excluding hydrogens is 493 g/mol. The van der Waals surface area contributed by atoms with E-state index in [2.05, 4.69) is 20.6 Å². The van der Waals surface area contributed by atoms with Crippen LogP contribution >= 0.6 is 12.2 Å². The van der Waals surface area contributed by atoms with Crippen molar-refractivity contribution in [3.63, 3.8) is 0 Å². The number of H-pyrrole nitrogens is 1. The number of nitrogens with one attached hydrogen (secondary N) is 3. The summed E-state index contributed by atoms with van der Waals surface area (Å²) in [5.41, 5.74) is 0.966. The molecule has 1 unspecified atom stereocenters. The molecule has 1 saturated heterocycles. The van der Waals surface area contributed by atoms with E-state index in [0.717, 1.165) is 36.9 Å². The summed E-state index contributed by atoms with van der Waals surface area (Å²) in [5, 5.41) is 16.8. The van der Waals surface area contributed by atoms with Crippen molar-refractivity contribution in [1.82, 2.24) is 25.5 Å². The van der Waals surface area contributed by atoms with Crippen molar-refractivity contribution in [2.75, 3.05) is 19.6 Å². The Morgan fingerprint density at radius 3 is 2.51 bits per heavy atom. The van der Waals surface area contributed by atoms with E-state index >= 15 is 0 Å². The van der Waals surface area contributed by atoms with E-state index < -0.39 is 17.4 Å². The summed E-state index contributed by atoms with van der Waals surface area (Å²) in [4.78, 5) is 34.9. The van der Waals surface area contributed by atoms with Crippen LogP contribution < -0.4 is 10.6 Å². The van der Waals surface area contributed by atoms with Crippen LogP contribution in [0.15, 0.2) is 36.8 Å². The monoisotopic (exact) mass is 529 g/mol. The number of aliphatic carboxylic acids is 1. The molecule has 1 amide bonds. The molecule has 0 radical (unpaired) electrons. The van der Waals surface area contributed by atoms with Crippen LogP contribution in [0.2, 0.25) is 0 Å². The van der Waals surface area contributed by atoms with E-state index in [1.54, 1.807) is 23.4 Å². The van der Waals surface area contributed by atoms with Crippen LogP contribution in [0.5, 0.6) is 0 Å². The number of carbonyl (C=O) groups is 2. The Hall–Kier alpha value is -3.01. The Labute approximate surface area is 222 Å². The molecule has 4 N–H and O–H groups in total. The number of carbonyl (C=O) groups excluding carboxylic acids is 1. The lowest BCUT2D eigenvalue weighted by atomic mass is 9.64.